The highest BCUT2D eigenvalue weighted by molar-refractivity contribution is 5.85. The molecule has 3 rings (SSSR count). The molecule has 0 atom stereocenters. The van der Waals surface area contributed by atoms with Crippen molar-refractivity contribution in [3.8, 4) is 17.1 Å². The van der Waals surface area contributed by atoms with Crippen LogP contribution < -0.4 is 15.4 Å². The lowest BCUT2D eigenvalue weighted by Gasteiger charge is -2.14. The molecule has 27 heavy (non-hydrogen) atoms. The zero-order valence-corrected chi connectivity index (χ0v) is 16.2. The van der Waals surface area contributed by atoms with E-state index in [0.717, 1.165) is 30.8 Å². The standard InChI is InChI=1S/C19H24N4O3.ClH/c1-25-16-7-5-15(6-8-16)19-22-18(26-23-19)4-2-3-17(24)21-13-14-9-11-20-12-10-14;/h5-9,20H,2-4,10-13H2,1H3,(H,21,24);1H. The maximum Gasteiger partial charge on any atom is 0.226 e. The normalized spacial score (nSPS) is 13.4. The molecular weight excluding hydrogens is 368 g/mol. The van der Waals surface area contributed by atoms with Crippen molar-refractivity contribution in [3.05, 3.63) is 41.8 Å². The van der Waals surface area contributed by atoms with Crippen molar-refractivity contribution < 1.29 is 14.1 Å². The Labute approximate surface area is 165 Å². The molecule has 0 unspecified atom stereocenters. The van der Waals surface area contributed by atoms with Crippen molar-refractivity contribution in [2.45, 2.75) is 25.7 Å². The summed E-state index contributed by atoms with van der Waals surface area (Å²) >= 11 is 0. The van der Waals surface area contributed by atoms with Crippen molar-refractivity contribution in [2.24, 2.45) is 0 Å². The van der Waals surface area contributed by atoms with Crippen LogP contribution in [0, 0.1) is 0 Å². The maximum atomic E-state index is 11.9. The van der Waals surface area contributed by atoms with Crippen LogP contribution in [0.15, 0.2) is 40.4 Å². The number of hydrogen-bond donors (Lipinski definition) is 2. The molecule has 0 saturated carbocycles. The van der Waals surface area contributed by atoms with E-state index in [-0.39, 0.29) is 18.3 Å². The molecule has 1 amide bonds. The number of methoxy groups -OCH3 is 1. The highest BCUT2D eigenvalue weighted by Gasteiger charge is 2.10. The Morgan fingerprint density at radius 3 is 2.85 bits per heavy atom. The topological polar surface area (TPSA) is 89.3 Å². The van der Waals surface area contributed by atoms with E-state index in [2.05, 4.69) is 26.9 Å². The lowest BCUT2D eigenvalue weighted by atomic mass is 10.1. The summed E-state index contributed by atoms with van der Waals surface area (Å²) in [6.07, 6.45) is 4.85. The summed E-state index contributed by atoms with van der Waals surface area (Å²) in [4.78, 5) is 16.3. The van der Waals surface area contributed by atoms with Crippen LogP contribution in [0.25, 0.3) is 11.4 Å². The zero-order chi connectivity index (χ0) is 18.2. The van der Waals surface area contributed by atoms with Gasteiger partial charge in [0, 0.05) is 31.5 Å². The van der Waals surface area contributed by atoms with Crippen LogP contribution in [0.4, 0.5) is 0 Å². The lowest BCUT2D eigenvalue weighted by molar-refractivity contribution is -0.121. The quantitative estimate of drug-likeness (QED) is 0.671. The van der Waals surface area contributed by atoms with E-state index in [4.69, 9.17) is 9.26 Å². The average molecular weight is 393 g/mol. The van der Waals surface area contributed by atoms with Crippen LogP contribution in [0.1, 0.15) is 25.2 Å². The van der Waals surface area contributed by atoms with Gasteiger partial charge in [-0.25, -0.2) is 0 Å². The van der Waals surface area contributed by atoms with E-state index in [9.17, 15) is 4.79 Å². The summed E-state index contributed by atoms with van der Waals surface area (Å²) in [5.41, 5.74) is 2.16. The van der Waals surface area contributed by atoms with E-state index in [1.165, 1.54) is 5.57 Å². The monoisotopic (exact) mass is 392 g/mol. The minimum atomic E-state index is 0. The Morgan fingerprint density at radius 2 is 2.15 bits per heavy atom. The molecular formula is C19H25ClN4O3. The smallest absolute Gasteiger partial charge is 0.226 e. The third-order valence-corrected chi connectivity index (χ3v) is 4.28. The number of amides is 1. The van der Waals surface area contributed by atoms with Crippen LogP contribution in [-0.4, -0.2) is 42.8 Å². The van der Waals surface area contributed by atoms with Crippen LogP contribution in [0.2, 0.25) is 0 Å². The number of ether oxygens (including phenoxy) is 1. The fourth-order valence-corrected chi connectivity index (χ4v) is 2.74. The number of benzene rings is 1. The maximum absolute atomic E-state index is 11.9. The third-order valence-electron chi connectivity index (χ3n) is 4.28. The first-order valence-corrected chi connectivity index (χ1v) is 8.87. The van der Waals surface area contributed by atoms with Gasteiger partial charge in [-0.05, 0) is 43.7 Å². The second kappa shape index (κ2) is 10.7. The number of carbonyl (C=O) groups excluding carboxylic acids is 1. The molecule has 8 heteroatoms. The van der Waals surface area contributed by atoms with Crippen LogP contribution >= 0.6 is 12.4 Å². The number of halogens is 1. The lowest BCUT2D eigenvalue weighted by Crippen LogP contribution is -2.29. The summed E-state index contributed by atoms with van der Waals surface area (Å²) in [7, 11) is 1.63. The Morgan fingerprint density at radius 1 is 1.33 bits per heavy atom. The Kier molecular flexibility index (Phi) is 8.29. The number of carbonyl (C=O) groups is 1. The van der Waals surface area contributed by atoms with Crippen LogP contribution in [0.5, 0.6) is 5.75 Å². The second-order valence-electron chi connectivity index (χ2n) is 6.19. The second-order valence-corrected chi connectivity index (χ2v) is 6.19. The van der Waals surface area contributed by atoms with Gasteiger partial charge in [-0.3, -0.25) is 4.79 Å². The number of aryl methyl sites for hydroxylation is 1. The highest BCUT2D eigenvalue weighted by atomic mass is 35.5. The molecule has 146 valence electrons. The molecule has 1 aromatic carbocycles. The van der Waals surface area contributed by atoms with Gasteiger partial charge >= 0.3 is 0 Å². The molecule has 2 N–H and O–H groups in total. The van der Waals surface area contributed by atoms with Gasteiger partial charge in [0.15, 0.2) is 0 Å². The SMILES string of the molecule is COc1ccc(-c2noc(CCCC(=O)NCC3=CCNCC3)n2)cc1.Cl. The number of hydrogen-bond acceptors (Lipinski definition) is 6. The minimum Gasteiger partial charge on any atom is -0.497 e. The van der Waals surface area contributed by atoms with Crippen molar-refractivity contribution in [2.75, 3.05) is 26.7 Å². The van der Waals surface area contributed by atoms with Crippen molar-refractivity contribution in [1.29, 1.82) is 0 Å². The molecule has 2 aromatic rings. The molecule has 1 aromatic heterocycles. The van der Waals surface area contributed by atoms with Crippen LogP contribution in [-0.2, 0) is 11.2 Å². The van der Waals surface area contributed by atoms with Gasteiger partial charge in [0.1, 0.15) is 5.75 Å². The van der Waals surface area contributed by atoms with Crippen molar-refractivity contribution in [1.82, 2.24) is 20.8 Å². The Bertz CT molecular complexity index is 759. The summed E-state index contributed by atoms with van der Waals surface area (Å²) in [6.45, 7) is 2.51. The molecule has 0 bridgehead atoms. The number of rotatable bonds is 8. The molecule has 2 heterocycles. The van der Waals surface area contributed by atoms with Gasteiger partial charge < -0.3 is 19.9 Å². The molecule has 1 aliphatic rings. The van der Waals surface area contributed by atoms with Gasteiger partial charge in [-0.2, -0.15) is 4.98 Å². The molecule has 0 saturated heterocycles. The number of aromatic nitrogens is 2. The highest BCUT2D eigenvalue weighted by Crippen LogP contribution is 2.20. The fourth-order valence-electron chi connectivity index (χ4n) is 2.74. The van der Waals surface area contributed by atoms with E-state index in [1.807, 2.05) is 24.3 Å². The largest absolute Gasteiger partial charge is 0.497 e. The first kappa shape index (κ1) is 20.9. The predicted molar refractivity (Wildman–Crippen MR) is 105 cm³/mol. The molecule has 0 spiro atoms. The molecule has 0 radical (unpaired) electrons. The van der Waals surface area contributed by atoms with Crippen LogP contribution in [0.3, 0.4) is 0 Å². The fraction of sp³-hybridized carbons (Fsp3) is 0.421. The summed E-state index contributed by atoms with van der Waals surface area (Å²) in [5.74, 6) is 1.93. The summed E-state index contributed by atoms with van der Waals surface area (Å²) in [6, 6.07) is 7.48. The van der Waals surface area contributed by atoms with E-state index in [0.29, 0.717) is 37.5 Å². The van der Waals surface area contributed by atoms with Gasteiger partial charge in [0.2, 0.25) is 17.6 Å². The van der Waals surface area contributed by atoms with Crippen molar-refractivity contribution in [3.63, 3.8) is 0 Å². The minimum absolute atomic E-state index is 0. The van der Waals surface area contributed by atoms with E-state index in [1.54, 1.807) is 7.11 Å². The molecule has 7 nitrogen and oxygen atoms in total. The van der Waals surface area contributed by atoms with Gasteiger partial charge in [-0.15, -0.1) is 12.4 Å². The van der Waals surface area contributed by atoms with Gasteiger partial charge in [0.05, 0.1) is 7.11 Å². The number of nitrogens with one attached hydrogen (secondary N) is 2. The van der Waals surface area contributed by atoms with Gasteiger partial charge in [0.25, 0.3) is 0 Å². The number of nitrogens with zero attached hydrogens (tertiary/aromatic N) is 2. The van der Waals surface area contributed by atoms with Gasteiger partial charge in [-0.1, -0.05) is 16.8 Å². The van der Waals surface area contributed by atoms with Crippen molar-refractivity contribution >= 4 is 18.3 Å². The van der Waals surface area contributed by atoms with E-state index < -0.39 is 0 Å². The zero-order valence-electron chi connectivity index (χ0n) is 15.4. The summed E-state index contributed by atoms with van der Waals surface area (Å²) < 4.78 is 10.4. The predicted octanol–water partition coefficient (Wildman–Crippen LogP) is 2.53. The first-order chi connectivity index (χ1) is 12.7. The Hall–Kier alpha value is -2.38. The molecule has 0 fully saturated rings. The third kappa shape index (κ3) is 6.37. The molecule has 1 aliphatic heterocycles. The first-order valence-electron chi connectivity index (χ1n) is 8.87. The average Bonchev–Trinajstić information content (AvgIpc) is 3.16. The van der Waals surface area contributed by atoms with E-state index >= 15 is 0 Å². The molecule has 0 aliphatic carbocycles. The Balaban J connectivity index is 0.00000261. The summed E-state index contributed by atoms with van der Waals surface area (Å²) in [5, 5.41) is 10.2.